The Morgan fingerprint density at radius 2 is 1.68 bits per heavy atom. The molecule has 1 heterocycles. The third kappa shape index (κ3) is 6.39. The number of benzene rings is 4. The van der Waals surface area contributed by atoms with E-state index in [9.17, 15) is 9.18 Å². The second-order valence-corrected chi connectivity index (χ2v) is 10.1. The lowest BCUT2D eigenvalue weighted by Gasteiger charge is -2.13. The topological polar surface area (TPSA) is 64.8 Å². The number of rotatable bonds is 9. The Bertz CT molecular complexity index is 1700. The number of ether oxygens (including phenoxy) is 2. The van der Waals surface area contributed by atoms with E-state index in [0.717, 1.165) is 22.6 Å². The molecule has 0 aliphatic rings. The molecule has 1 N–H and O–H groups in total. The molecular weight excluding hydrogens is 585 g/mol. The number of aromatic nitrogens is 1. The molecule has 6 nitrogen and oxygen atoms in total. The van der Waals surface area contributed by atoms with Gasteiger partial charge in [0.05, 0.1) is 19.0 Å². The van der Waals surface area contributed by atoms with E-state index in [-0.39, 0.29) is 18.3 Å². The number of aryl methyl sites for hydroxylation is 1. The van der Waals surface area contributed by atoms with Crippen molar-refractivity contribution in [1.29, 1.82) is 0 Å². The summed E-state index contributed by atoms with van der Waals surface area (Å²) in [6.45, 7) is 2.10. The summed E-state index contributed by atoms with van der Waals surface area (Å²) in [6.07, 6.45) is 1.51. The highest BCUT2D eigenvalue weighted by Gasteiger charge is 2.13. The van der Waals surface area contributed by atoms with E-state index in [1.807, 2.05) is 30.3 Å². The van der Waals surface area contributed by atoms with Crippen molar-refractivity contribution in [2.24, 2.45) is 5.10 Å². The Labute approximate surface area is 246 Å². The van der Waals surface area contributed by atoms with Crippen molar-refractivity contribution < 1.29 is 18.7 Å². The summed E-state index contributed by atoms with van der Waals surface area (Å²) >= 11 is 3.50. The zero-order valence-electron chi connectivity index (χ0n) is 22.5. The van der Waals surface area contributed by atoms with Crippen LogP contribution in [0.25, 0.3) is 16.9 Å². The number of carbonyl (C=O) groups is 1. The number of hydrogen-bond donors (Lipinski definition) is 1. The summed E-state index contributed by atoms with van der Waals surface area (Å²) in [5.41, 5.74) is 8.39. The minimum Gasteiger partial charge on any atom is -0.493 e. The standard InChI is InChI=1S/C33H27BrFN3O3/c1-22-12-17-30(23-8-4-3-5-9-23)38(22)27-15-13-24(14-16-27)33(39)37-36-20-26-18-31(40-2)32(19-28(26)34)41-21-25-10-6-7-11-29(25)35/h3-20H,21H2,1-2H3,(H,37,39)/b36-20+. The molecule has 0 aliphatic carbocycles. The summed E-state index contributed by atoms with van der Waals surface area (Å²) in [4.78, 5) is 12.8. The van der Waals surface area contributed by atoms with E-state index < -0.39 is 0 Å². The first-order chi connectivity index (χ1) is 19.9. The summed E-state index contributed by atoms with van der Waals surface area (Å²) in [6, 6.07) is 31.6. The minimum absolute atomic E-state index is 0.0508. The Morgan fingerprint density at radius 1 is 0.951 bits per heavy atom. The van der Waals surface area contributed by atoms with Crippen LogP contribution < -0.4 is 14.9 Å². The van der Waals surface area contributed by atoms with Crippen molar-refractivity contribution in [3.63, 3.8) is 0 Å². The van der Waals surface area contributed by atoms with Gasteiger partial charge in [0, 0.05) is 32.5 Å². The average molecular weight is 612 g/mol. The Kier molecular flexibility index (Phi) is 8.60. The SMILES string of the molecule is COc1cc(/C=N/NC(=O)c2ccc(-n3c(C)ccc3-c3ccccc3)cc2)c(Br)cc1OCc1ccccc1F. The zero-order valence-corrected chi connectivity index (χ0v) is 24.1. The average Bonchev–Trinajstić information content (AvgIpc) is 3.39. The zero-order chi connectivity index (χ0) is 28.8. The van der Waals surface area contributed by atoms with Gasteiger partial charge < -0.3 is 14.0 Å². The quantitative estimate of drug-likeness (QED) is 0.137. The monoisotopic (exact) mass is 611 g/mol. The van der Waals surface area contributed by atoms with Gasteiger partial charge in [-0.05, 0) is 83.0 Å². The number of nitrogens with zero attached hydrogens (tertiary/aromatic N) is 2. The van der Waals surface area contributed by atoms with Gasteiger partial charge in [0.15, 0.2) is 11.5 Å². The van der Waals surface area contributed by atoms with Gasteiger partial charge in [-0.25, -0.2) is 9.82 Å². The molecule has 0 atom stereocenters. The molecule has 0 fully saturated rings. The second-order valence-electron chi connectivity index (χ2n) is 9.21. The lowest BCUT2D eigenvalue weighted by atomic mass is 10.1. The number of hydrogen-bond acceptors (Lipinski definition) is 4. The maximum atomic E-state index is 14.0. The highest BCUT2D eigenvalue weighted by atomic mass is 79.9. The van der Waals surface area contributed by atoms with Crippen LogP contribution in [0.3, 0.4) is 0 Å². The largest absolute Gasteiger partial charge is 0.493 e. The van der Waals surface area contributed by atoms with Crippen molar-refractivity contribution in [3.05, 3.63) is 136 Å². The molecule has 0 saturated heterocycles. The van der Waals surface area contributed by atoms with Crippen LogP contribution in [0, 0.1) is 12.7 Å². The second kappa shape index (κ2) is 12.7. The third-order valence-electron chi connectivity index (χ3n) is 6.53. The smallest absolute Gasteiger partial charge is 0.271 e. The maximum Gasteiger partial charge on any atom is 0.271 e. The van der Waals surface area contributed by atoms with Gasteiger partial charge in [0.1, 0.15) is 12.4 Å². The predicted molar refractivity (Wildman–Crippen MR) is 162 cm³/mol. The van der Waals surface area contributed by atoms with Crippen LogP contribution in [0.4, 0.5) is 4.39 Å². The van der Waals surface area contributed by atoms with Crippen molar-refractivity contribution >= 4 is 28.1 Å². The van der Waals surface area contributed by atoms with E-state index >= 15 is 0 Å². The number of nitrogens with one attached hydrogen (secondary N) is 1. The van der Waals surface area contributed by atoms with E-state index in [2.05, 4.69) is 62.2 Å². The normalized spacial score (nSPS) is 11.0. The van der Waals surface area contributed by atoms with Crippen LogP contribution in [-0.4, -0.2) is 23.8 Å². The maximum absolute atomic E-state index is 14.0. The van der Waals surface area contributed by atoms with E-state index in [1.165, 1.54) is 19.4 Å². The Balaban J connectivity index is 1.26. The number of carbonyl (C=O) groups excluding carboxylic acids is 1. The molecule has 0 unspecified atom stereocenters. The van der Waals surface area contributed by atoms with Gasteiger partial charge in [-0.3, -0.25) is 4.79 Å². The van der Waals surface area contributed by atoms with Gasteiger partial charge >= 0.3 is 0 Å². The van der Waals surface area contributed by atoms with Crippen molar-refractivity contribution in [1.82, 2.24) is 9.99 Å². The van der Waals surface area contributed by atoms with Gasteiger partial charge in [-0.2, -0.15) is 5.10 Å². The lowest BCUT2D eigenvalue weighted by Crippen LogP contribution is -2.17. The summed E-state index contributed by atoms with van der Waals surface area (Å²) in [7, 11) is 1.52. The van der Waals surface area contributed by atoms with Crippen LogP contribution in [0.15, 0.2) is 113 Å². The molecule has 41 heavy (non-hydrogen) atoms. The highest BCUT2D eigenvalue weighted by molar-refractivity contribution is 9.10. The van der Waals surface area contributed by atoms with Crippen molar-refractivity contribution in [3.8, 4) is 28.4 Å². The third-order valence-corrected chi connectivity index (χ3v) is 7.21. The molecule has 0 spiro atoms. The highest BCUT2D eigenvalue weighted by Crippen LogP contribution is 2.33. The molecule has 8 heteroatoms. The summed E-state index contributed by atoms with van der Waals surface area (Å²) < 4.78 is 28.0. The van der Waals surface area contributed by atoms with E-state index in [1.54, 1.807) is 42.5 Å². The lowest BCUT2D eigenvalue weighted by molar-refractivity contribution is 0.0955. The van der Waals surface area contributed by atoms with Crippen LogP contribution in [0.5, 0.6) is 11.5 Å². The van der Waals surface area contributed by atoms with E-state index in [4.69, 9.17) is 9.47 Å². The first kappa shape index (κ1) is 27.9. The number of amides is 1. The Morgan fingerprint density at radius 3 is 2.41 bits per heavy atom. The van der Waals surface area contributed by atoms with Crippen LogP contribution in [-0.2, 0) is 6.61 Å². The van der Waals surface area contributed by atoms with Crippen molar-refractivity contribution in [2.45, 2.75) is 13.5 Å². The van der Waals surface area contributed by atoms with Crippen LogP contribution in [0.2, 0.25) is 0 Å². The first-order valence-corrected chi connectivity index (χ1v) is 13.6. The summed E-state index contributed by atoms with van der Waals surface area (Å²) in [5, 5.41) is 4.12. The molecule has 0 aliphatic heterocycles. The molecule has 5 rings (SSSR count). The molecule has 0 bridgehead atoms. The van der Waals surface area contributed by atoms with Crippen LogP contribution >= 0.6 is 15.9 Å². The van der Waals surface area contributed by atoms with Gasteiger partial charge in [-0.1, -0.05) is 48.5 Å². The molecule has 1 amide bonds. The number of hydrazone groups is 1. The minimum atomic E-state index is -0.340. The Hall–Kier alpha value is -4.69. The predicted octanol–water partition coefficient (Wildman–Crippen LogP) is 7.71. The number of methoxy groups -OCH3 is 1. The molecule has 1 aromatic heterocycles. The van der Waals surface area contributed by atoms with Crippen molar-refractivity contribution in [2.75, 3.05) is 7.11 Å². The fourth-order valence-electron chi connectivity index (χ4n) is 4.40. The molecule has 4 aromatic carbocycles. The molecule has 5 aromatic rings. The van der Waals surface area contributed by atoms with E-state index in [0.29, 0.717) is 32.7 Å². The molecular formula is C33H27BrFN3O3. The van der Waals surface area contributed by atoms with Crippen LogP contribution in [0.1, 0.15) is 27.2 Å². The fourth-order valence-corrected chi connectivity index (χ4v) is 4.82. The fraction of sp³-hybridized carbons (Fsp3) is 0.0909. The number of halogens is 2. The molecule has 0 radical (unpaired) electrons. The van der Waals surface area contributed by atoms with Gasteiger partial charge in [0.25, 0.3) is 5.91 Å². The van der Waals surface area contributed by atoms with Gasteiger partial charge in [0.2, 0.25) is 0 Å². The summed E-state index contributed by atoms with van der Waals surface area (Å²) in [5.74, 6) is 0.213. The first-order valence-electron chi connectivity index (χ1n) is 12.9. The molecule has 206 valence electrons. The van der Waals surface area contributed by atoms with Gasteiger partial charge in [-0.15, -0.1) is 0 Å². The molecule has 0 saturated carbocycles.